The number of carbonyl (C=O) groups is 1. The molecule has 1 aliphatic heterocycles. The van der Waals surface area contributed by atoms with Crippen molar-refractivity contribution in [3.8, 4) is 22.6 Å². The first-order valence-corrected chi connectivity index (χ1v) is 9.91. The van der Waals surface area contributed by atoms with Gasteiger partial charge in [-0.2, -0.15) is 0 Å². The Balaban J connectivity index is 1.49. The lowest BCUT2D eigenvalue weighted by atomic mass is 9.98. The summed E-state index contributed by atoms with van der Waals surface area (Å²) in [6.07, 6.45) is 5.07. The Hall–Kier alpha value is -4.13. The lowest BCUT2D eigenvalue weighted by Gasteiger charge is -2.20. The van der Waals surface area contributed by atoms with Crippen LogP contribution in [0.2, 0.25) is 0 Å². The number of nitrogens with one attached hydrogen (secondary N) is 1. The molecular formula is C24H20N4O3. The second-order valence-corrected chi connectivity index (χ2v) is 7.24. The fourth-order valence-corrected chi connectivity index (χ4v) is 3.72. The number of amides is 1. The monoisotopic (exact) mass is 412 g/mol. The van der Waals surface area contributed by atoms with Gasteiger partial charge in [-0.15, -0.1) is 10.2 Å². The van der Waals surface area contributed by atoms with Gasteiger partial charge < -0.3 is 14.8 Å². The van der Waals surface area contributed by atoms with Crippen LogP contribution in [0.25, 0.3) is 22.9 Å². The molecule has 2 aromatic heterocycles. The van der Waals surface area contributed by atoms with E-state index in [9.17, 15) is 4.79 Å². The van der Waals surface area contributed by atoms with Crippen LogP contribution in [0.4, 0.5) is 5.69 Å². The van der Waals surface area contributed by atoms with E-state index in [1.54, 1.807) is 22.9 Å². The van der Waals surface area contributed by atoms with Crippen molar-refractivity contribution >= 4 is 23.3 Å². The van der Waals surface area contributed by atoms with E-state index in [1.165, 1.54) is 0 Å². The minimum Gasteiger partial charge on any atom is -0.486 e. The summed E-state index contributed by atoms with van der Waals surface area (Å²) in [5, 5.41) is 11.0. The lowest BCUT2D eigenvalue weighted by Crippen LogP contribution is -2.15. The zero-order valence-corrected chi connectivity index (χ0v) is 17.0. The zero-order valence-electron chi connectivity index (χ0n) is 17.0. The van der Waals surface area contributed by atoms with Crippen LogP contribution in [0.15, 0.2) is 61.6 Å². The van der Waals surface area contributed by atoms with Crippen LogP contribution in [0.3, 0.4) is 0 Å². The topological polar surface area (TPSA) is 77.8 Å². The molecule has 0 saturated carbocycles. The first-order chi connectivity index (χ1) is 15.1. The van der Waals surface area contributed by atoms with Crippen LogP contribution in [0.1, 0.15) is 21.5 Å². The van der Waals surface area contributed by atoms with E-state index < -0.39 is 0 Å². The Labute approximate surface area is 179 Å². The van der Waals surface area contributed by atoms with Crippen molar-refractivity contribution < 1.29 is 14.3 Å². The molecule has 0 saturated heterocycles. The Bertz CT molecular complexity index is 1330. The average molecular weight is 412 g/mol. The highest BCUT2D eigenvalue weighted by Crippen LogP contribution is 2.37. The van der Waals surface area contributed by atoms with Gasteiger partial charge >= 0.3 is 0 Å². The Morgan fingerprint density at radius 2 is 2.00 bits per heavy atom. The van der Waals surface area contributed by atoms with Gasteiger partial charge in [0.15, 0.2) is 17.1 Å². The van der Waals surface area contributed by atoms with Gasteiger partial charge in [-0.25, -0.2) is 0 Å². The number of carbonyl (C=O) groups excluding carboxylic acids is 1. The number of hydrogen-bond acceptors (Lipinski definition) is 5. The smallest absolute Gasteiger partial charge is 0.259 e. The highest BCUT2D eigenvalue weighted by Gasteiger charge is 2.17. The van der Waals surface area contributed by atoms with Gasteiger partial charge in [0.1, 0.15) is 19.5 Å². The predicted molar refractivity (Wildman–Crippen MR) is 119 cm³/mol. The normalized spacial score (nSPS) is 12.5. The molecule has 0 radical (unpaired) electrons. The van der Waals surface area contributed by atoms with E-state index in [0.717, 1.165) is 39.4 Å². The van der Waals surface area contributed by atoms with E-state index in [1.807, 2.05) is 49.5 Å². The van der Waals surface area contributed by atoms with E-state index in [0.29, 0.717) is 24.4 Å². The van der Waals surface area contributed by atoms with Crippen molar-refractivity contribution in [1.29, 1.82) is 0 Å². The highest BCUT2D eigenvalue weighted by molar-refractivity contribution is 6.09. The van der Waals surface area contributed by atoms with Crippen LogP contribution in [0.5, 0.6) is 11.5 Å². The molecular weight excluding hydrogens is 392 g/mol. The third-order valence-electron chi connectivity index (χ3n) is 5.33. The minimum absolute atomic E-state index is 0.260. The van der Waals surface area contributed by atoms with Crippen molar-refractivity contribution in [1.82, 2.24) is 14.6 Å². The number of rotatable bonds is 4. The number of ether oxygens (including phenoxy) is 2. The van der Waals surface area contributed by atoms with E-state index in [2.05, 4.69) is 22.1 Å². The van der Waals surface area contributed by atoms with Crippen LogP contribution >= 0.6 is 0 Å². The highest BCUT2D eigenvalue weighted by atomic mass is 16.6. The molecule has 0 aliphatic carbocycles. The zero-order chi connectivity index (χ0) is 21.4. The maximum atomic E-state index is 13.1. The Morgan fingerprint density at radius 3 is 2.84 bits per heavy atom. The SMILES string of the molecule is C=Cc1cc(C(=O)Nc2cccc(-c3ccc4c(c3)OCCO4)c2C)c2nncn2c1. The van der Waals surface area contributed by atoms with Gasteiger partial charge in [0.25, 0.3) is 5.91 Å². The predicted octanol–water partition coefficient (Wildman–Crippen LogP) is 4.37. The maximum absolute atomic E-state index is 13.1. The van der Waals surface area contributed by atoms with Crippen LogP contribution in [-0.4, -0.2) is 33.7 Å². The summed E-state index contributed by atoms with van der Waals surface area (Å²) in [6, 6.07) is 13.5. The van der Waals surface area contributed by atoms with Gasteiger partial charge in [0.05, 0.1) is 5.56 Å². The summed E-state index contributed by atoms with van der Waals surface area (Å²) < 4.78 is 13.0. The summed E-state index contributed by atoms with van der Waals surface area (Å²) in [6.45, 7) is 6.86. The molecule has 31 heavy (non-hydrogen) atoms. The quantitative estimate of drug-likeness (QED) is 0.539. The number of nitrogens with zero attached hydrogens (tertiary/aromatic N) is 3. The molecule has 0 bridgehead atoms. The van der Waals surface area contributed by atoms with Gasteiger partial charge in [-0.3, -0.25) is 9.20 Å². The molecule has 7 heteroatoms. The van der Waals surface area contributed by atoms with Crippen LogP contribution < -0.4 is 14.8 Å². The van der Waals surface area contributed by atoms with Crippen LogP contribution in [-0.2, 0) is 0 Å². The summed E-state index contributed by atoms with van der Waals surface area (Å²) in [5.41, 5.74) is 5.39. The molecule has 5 rings (SSSR count). The number of benzene rings is 2. The summed E-state index contributed by atoms with van der Waals surface area (Å²) in [5.74, 6) is 1.22. The molecule has 4 aromatic rings. The van der Waals surface area contributed by atoms with Gasteiger partial charge in [-0.05, 0) is 53.4 Å². The molecule has 7 nitrogen and oxygen atoms in total. The lowest BCUT2D eigenvalue weighted by molar-refractivity contribution is 0.102. The van der Waals surface area contributed by atoms with Crippen molar-refractivity contribution in [2.45, 2.75) is 6.92 Å². The fraction of sp³-hybridized carbons (Fsp3) is 0.125. The van der Waals surface area contributed by atoms with Crippen LogP contribution in [0, 0.1) is 6.92 Å². The molecule has 0 atom stereocenters. The number of fused-ring (bicyclic) bond motifs is 2. The van der Waals surface area contributed by atoms with Gasteiger partial charge in [0, 0.05) is 11.9 Å². The Kier molecular flexibility index (Phi) is 4.63. The van der Waals surface area contributed by atoms with E-state index in [-0.39, 0.29) is 5.91 Å². The molecule has 1 aliphatic rings. The summed E-state index contributed by atoms with van der Waals surface area (Å²) in [4.78, 5) is 13.1. The van der Waals surface area contributed by atoms with Crippen molar-refractivity contribution in [2.75, 3.05) is 18.5 Å². The Morgan fingerprint density at radius 1 is 1.16 bits per heavy atom. The van der Waals surface area contributed by atoms with Gasteiger partial charge in [-0.1, -0.05) is 30.9 Å². The van der Waals surface area contributed by atoms with E-state index in [4.69, 9.17) is 9.47 Å². The van der Waals surface area contributed by atoms with E-state index >= 15 is 0 Å². The number of pyridine rings is 1. The molecule has 2 aromatic carbocycles. The molecule has 3 heterocycles. The third kappa shape index (κ3) is 3.40. The minimum atomic E-state index is -0.260. The van der Waals surface area contributed by atoms with Crippen molar-refractivity contribution in [3.63, 3.8) is 0 Å². The maximum Gasteiger partial charge on any atom is 0.259 e. The van der Waals surface area contributed by atoms with Gasteiger partial charge in [0.2, 0.25) is 0 Å². The average Bonchev–Trinajstić information content (AvgIpc) is 3.28. The molecule has 0 fully saturated rings. The molecule has 0 unspecified atom stereocenters. The first-order valence-electron chi connectivity index (χ1n) is 9.91. The number of aromatic nitrogens is 3. The molecule has 1 N–H and O–H groups in total. The largest absolute Gasteiger partial charge is 0.486 e. The molecule has 1 amide bonds. The second-order valence-electron chi connectivity index (χ2n) is 7.24. The summed E-state index contributed by atoms with van der Waals surface area (Å²) in [7, 11) is 0. The second kappa shape index (κ2) is 7.60. The standard InChI is InChI=1S/C24H20N4O3/c1-3-16-11-19(23-27-25-14-28(23)13-16)24(29)26-20-6-4-5-18(15(20)2)17-7-8-21-22(12-17)31-10-9-30-21/h3-8,11-14H,1,9-10H2,2H3,(H,26,29). The first kappa shape index (κ1) is 18.9. The summed E-state index contributed by atoms with van der Waals surface area (Å²) >= 11 is 0. The molecule has 0 spiro atoms. The third-order valence-corrected chi connectivity index (χ3v) is 5.33. The van der Waals surface area contributed by atoms with Crippen molar-refractivity contribution in [2.24, 2.45) is 0 Å². The number of anilines is 1. The molecule has 154 valence electrons. The van der Waals surface area contributed by atoms with Crippen molar-refractivity contribution in [3.05, 3.63) is 78.3 Å². The number of hydrogen-bond donors (Lipinski definition) is 1. The fourth-order valence-electron chi connectivity index (χ4n) is 3.72.